The molecule has 0 heterocycles. The fourth-order valence-corrected chi connectivity index (χ4v) is 3.39. The Hall–Kier alpha value is -0.630. The summed E-state index contributed by atoms with van der Waals surface area (Å²) in [6.45, 7) is 2.03. The molecule has 0 saturated heterocycles. The van der Waals surface area contributed by atoms with Crippen LogP contribution in [0.3, 0.4) is 0 Å². The van der Waals surface area contributed by atoms with Gasteiger partial charge in [0.15, 0.2) is 5.78 Å². The number of carbonyl (C=O) groups excluding carboxylic acids is 1. The third-order valence-corrected chi connectivity index (χ3v) is 5.11. The zero-order chi connectivity index (χ0) is 16.8. The zero-order valence-electron chi connectivity index (χ0n) is 15.3. The second kappa shape index (κ2) is 13.8. The molecule has 134 valence electrons. The Morgan fingerprint density at radius 1 is 0.783 bits per heavy atom. The van der Waals surface area contributed by atoms with Gasteiger partial charge in [0.1, 0.15) is 6.10 Å². The first-order chi connectivity index (χ1) is 11.2. The summed E-state index contributed by atoms with van der Waals surface area (Å²) in [4.78, 5) is 12.0. The summed E-state index contributed by atoms with van der Waals surface area (Å²) in [5, 5.41) is 10.2. The number of aliphatic hydroxyl groups excluding tert-OH is 1. The monoisotopic (exact) mass is 322 g/mol. The molecule has 0 aromatic heterocycles. The Bertz CT molecular complexity index is 322. The highest BCUT2D eigenvalue weighted by atomic mass is 16.3. The maximum Gasteiger partial charge on any atom is 0.161 e. The number of hydrogen-bond donors (Lipinski definition) is 1. The molecule has 0 amide bonds. The SMILES string of the molecule is CC1CCCCCCC/C=C/CCCCCCCCC(=O)C1O. The molecule has 2 atom stereocenters. The molecule has 0 aromatic rings. The van der Waals surface area contributed by atoms with Crippen molar-refractivity contribution >= 4 is 5.78 Å². The van der Waals surface area contributed by atoms with Crippen molar-refractivity contribution in [2.75, 3.05) is 0 Å². The van der Waals surface area contributed by atoms with E-state index in [1.807, 2.05) is 6.92 Å². The molecule has 2 unspecified atom stereocenters. The van der Waals surface area contributed by atoms with Crippen LogP contribution in [0.25, 0.3) is 0 Å². The molecular formula is C21H38O2. The van der Waals surface area contributed by atoms with Gasteiger partial charge in [-0.2, -0.15) is 0 Å². The first-order valence-electron chi connectivity index (χ1n) is 10.1. The number of Topliss-reactive ketones (excluding diaryl/α,β-unsaturated/α-hetero) is 1. The van der Waals surface area contributed by atoms with Gasteiger partial charge < -0.3 is 5.11 Å². The molecule has 0 spiro atoms. The number of hydrogen-bond acceptors (Lipinski definition) is 2. The summed E-state index contributed by atoms with van der Waals surface area (Å²) < 4.78 is 0. The lowest BCUT2D eigenvalue weighted by molar-refractivity contribution is -0.129. The molecule has 1 aliphatic carbocycles. The number of rotatable bonds is 0. The Morgan fingerprint density at radius 2 is 1.26 bits per heavy atom. The minimum atomic E-state index is -0.731. The van der Waals surface area contributed by atoms with Gasteiger partial charge in [0.05, 0.1) is 0 Å². The van der Waals surface area contributed by atoms with Gasteiger partial charge in [0.25, 0.3) is 0 Å². The third kappa shape index (κ3) is 10.7. The highest BCUT2D eigenvalue weighted by molar-refractivity contribution is 5.82. The zero-order valence-corrected chi connectivity index (χ0v) is 15.3. The molecular weight excluding hydrogens is 284 g/mol. The second-order valence-electron chi connectivity index (χ2n) is 7.36. The summed E-state index contributed by atoms with van der Waals surface area (Å²) in [6.07, 6.45) is 21.4. The van der Waals surface area contributed by atoms with E-state index < -0.39 is 6.10 Å². The van der Waals surface area contributed by atoms with Crippen LogP contribution in [0.4, 0.5) is 0 Å². The van der Waals surface area contributed by atoms with Crippen LogP contribution in [0.1, 0.15) is 103 Å². The van der Waals surface area contributed by atoms with Crippen LogP contribution >= 0.6 is 0 Å². The van der Waals surface area contributed by atoms with E-state index in [9.17, 15) is 9.90 Å². The van der Waals surface area contributed by atoms with E-state index >= 15 is 0 Å². The second-order valence-corrected chi connectivity index (χ2v) is 7.36. The number of aliphatic hydroxyl groups is 1. The summed E-state index contributed by atoms with van der Waals surface area (Å²) in [5.74, 6) is 0.188. The van der Waals surface area contributed by atoms with Gasteiger partial charge in [-0.1, -0.05) is 70.4 Å². The van der Waals surface area contributed by atoms with Gasteiger partial charge in [-0.15, -0.1) is 0 Å². The molecule has 0 saturated carbocycles. The fraction of sp³-hybridized carbons (Fsp3) is 0.857. The van der Waals surface area contributed by atoms with Crippen LogP contribution in [0.2, 0.25) is 0 Å². The molecule has 0 radical (unpaired) electrons. The molecule has 1 rings (SSSR count). The van der Waals surface area contributed by atoms with Gasteiger partial charge in [0.2, 0.25) is 0 Å². The Labute approximate surface area is 143 Å². The minimum Gasteiger partial charge on any atom is -0.385 e. The normalized spacial score (nSPS) is 29.7. The van der Waals surface area contributed by atoms with Gasteiger partial charge in [-0.3, -0.25) is 4.79 Å². The van der Waals surface area contributed by atoms with Crippen molar-refractivity contribution in [3.8, 4) is 0 Å². The van der Waals surface area contributed by atoms with Crippen LogP contribution in [0.5, 0.6) is 0 Å². The molecule has 0 bridgehead atoms. The molecule has 0 aromatic carbocycles. The minimum absolute atomic E-state index is 0.0667. The van der Waals surface area contributed by atoms with E-state index in [2.05, 4.69) is 12.2 Å². The summed E-state index contributed by atoms with van der Waals surface area (Å²) >= 11 is 0. The number of ketones is 1. The quantitative estimate of drug-likeness (QED) is 0.557. The predicted molar refractivity (Wildman–Crippen MR) is 98.6 cm³/mol. The van der Waals surface area contributed by atoms with E-state index in [-0.39, 0.29) is 11.7 Å². The van der Waals surface area contributed by atoms with Crippen molar-refractivity contribution in [2.24, 2.45) is 5.92 Å². The highest BCUT2D eigenvalue weighted by Gasteiger charge is 2.21. The average molecular weight is 323 g/mol. The van der Waals surface area contributed by atoms with E-state index in [0.717, 1.165) is 25.7 Å². The van der Waals surface area contributed by atoms with Crippen LogP contribution in [0, 0.1) is 5.92 Å². The highest BCUT2D eigenvalue weighted by Crippen LogP contribution is 2.18. The Balaban J connectivity index is 2.32. The van der Waals surface area contributed by atoms with Gasteiger partial charge >= 0.3 is 0 Å². The number of allylic oxidation sites excluding steroid dienone is 2. The Kier molecular flexibility index (Phi) is 12.2. The lowest BCUT2D eigenvalue weighted by Crippen LogP contribution is -2.27. The third-order valence-electron chi connectivity index (χ3n) is 5.11. The number of carbonyl (C=O) groups is 1. The van der Waals surface area contributed by atoms with Crippen molar-refractivity contribution in [3.63, 3.8) is 0 Å². The van der Waals surface area contributed by atoms with E-state index in [0.29, 0.717) is 6.42 Å². The average Bonchev–Trinajstić information content (AvgIpc) is 2.55. The molecule has 0 aliphatic heterocycles. The van der Waals surface area contributed by atoms with E-state index in [1.54, 1.807) is 0 Å². The molecule has 1 N–H and O–H groups in total. The van der Waals surface area contributed by atoms with Crippen molar-refractivity contribution < 1.29 is 9.90 Å². The van der Waals surface area contributed by atoms with Gasteiger partial charge in [0, 0.05) is 6.42 Å². The molecule has 2 heteroatoms. The van der Waals surface area contributed by atoms with Crippen molar-refractivity contribution in [1.82, 2.24) is 0 Å². The maximum atomic E-state index is 12.0. The fourth-order valence-electron chi connectivity index (χ4n) is 3.39. The molecule has 2 nitrogen and oxygen atoms in total. The summed E-state index contributed by atoms with van der Waals surface area (Å²) in [5.41, 5.74) is 0. The van der Waals surface area contributed by atoms with Gasteiger partial charge in [-0.25, -0.2) is 0 Å². The lowest BCUT2D eigenvalue weighted by atomic mass is 9.92. The van der Waals surface area contributed by atoms with E-state index in [4.69, 9.17) is 0 Å². The molecule has 0 fully saturated rings. The lowest BCUT2D eigenvalue weighted by Gasteiger charge is -2.17. The van der Waals surface area contributed by atoms with Crippen molar-refractivity contribution in [2.45, 2.75) is 109 Å². The van der Waals surface area contributed by atoms with E-state index in [1.165, 1.54) is 64.2 Å². The predicted octanol–water partition coefficient (Wildman–Crippen LogP) is 5.97. The summed E-state index contributed by atoms with van der Waals surface area (Å²) in [7, 11) is 0. The Morgan fingerprint density at radius 3 is 1.87 bits per heavy atom. The first-order valence-corrected chi connectivity index (χ1v) is 10.1. The van der Waals surface area contributed by atoms with Crippen LogP contribution in [-0.2, 0) is 4.79 Å². The topological polar surface area (TPSA) is 37.3 Å². The van der Waals surface area contributed by atoms with Gasteiger partial charge in [-0.05, 0) is 44.4 Å². The smallest absolute Gasteiger partial charge is 0.161 e. The molecule has 1 aliphatic rings. The maximum absolute atomic E-state index is 12.0. The summed E-state index contributed by atoms with van der Waals surface area (Å²) in [6, 6.07) is 0. The van der Waals surface area contributed by atoms with Crippen LogP contribution < -0.4 is 0 Å². The van der Waals surface area contributed by atoms with Crippen LogP contribution in [-0.4, -0.2) is 17.0 Å². The van der Waals surface area contributed by atoms with Crippen LogP contribution in [0.15, 0.2) is 12.2 Å². The van der Waals surface area contributed by atoms with Crippen molar-refractivity contribution in [1.29, 1.82) is 0 Å². The van der Waals surface area contributed by atoms with Crippen molar-refractivity contribution in [3.05, 3.63) is 12.2 Å². The first kappa shape index (κ1) is 20.4. The standard InChI is InChI=1S/C21H38O2/c1-19-17-15-13-11-9-7-5-3-2-4-6-8-10-12-14-16-18-20(22)21(19)23/h2-3,19,21,23H,4-18H2,1H3/b3-2+. The molecule has 23 heavy (non-hydrogen) atoms. The largest absolute Gasteiger partial charge is 0.385 e.